The van der Waals surface area contributed by atoms with Gasteiger partial charge in [0.2, 0.25) is 0 Å². The monoisotopic (exact) mass is 585 g/mol. The van der Waals surface area contributed by atoms with E-state index in [1.807, 2.05) is 37.3 Å². The Morgan fingerprint density at radius 2 is 1.94 bits per heavy atom. The Bertz CT molecular complexity index is 1350. The summed E-state index contributed by atoms with van der Waals surface area (Å²) in [5.74, 6) is -0.313. The minimum absolute atomic E-state index is 0.0613. The number of carbonyl (C=O) groups is 1. The molecule has 0 aliphatic rings. The summed E-state index contributed by atoms with van der Waals surface area (Å²) in [6.45, 7) is 2.35. The van der Waals surface area contributed by atoms with E-state index in [-0.39, 0.29) is 16.9 Å². The lowest BCUT2D eigenvalue weighted by molar-refractivity contribution is -0.384. The van der Waals surface area contributed by atoms with Crippen LogP contribution in [-0.4, -0.2) is 23.0 Å². The van der Waals surface area contributed by atoms with Gasteiger partial charge in [0.1, 0.15) is 24.0 Å². The van der Waals surface area contributed by atoms with Crippen LogP contribution in [0.2, 0.25) is 0 Å². The molecule has 9 nitrogen and oxygen atoms in total. The Labute approximate surface area is 214 Å². The van der Waals surface area contributed by atoms with Crippen molar-refractivity contribution in [1.82, 2.24) is 0 Å². The van der Waals surface area contributed by atoms with E-state index in [0.717, 1.165) is 23.3 Å². The quantitative estimate of drug-likeness (QED) is 0.0910. The van der Waals surface area contributed by atoms with Crippen LogP contribution in [0.15, 0.2) is 60.2 Å². The van der Waals surface area contributed by atoms with Crippen molar-refractivity contribution in [3.05, 3.63) is 90.5 Å². The number of amides is 1. The molecule has 0 aromatic heterocycles. The van der Waals surface area contributed by atoms with Crippen molar-refractivity contribution in [2.45, 2.75) is 13.5 Å². The molecule has 0 saturated carbocycles. The van der Waals surface area contributed by atoms with Crippen LogP contribution in [-0.2, 0) is 11.4 Å². The second kappa shape index (κ2) is 11.3. The number of rotatable bonds is 8. The molecular weight excluding hydrogens is 565 g/mol. The summed E-state index contributed by atoms with van der Waals surface area (Å²) in [6.07, 6.45) is 1.37. The molecule has 3 aromatic carbocycles. The smallest absolute Gasteiger partial charge is 0.273 e. The molecule has 0 heterocycles. The highest BCUT2D eigenvalue weighted by Crippen LogP contribution is 2.35. The van der Waals surface area contributed by atoms with Crippen molar-refractivity contribution in [3.63, 3.8) is 0 Å². The zero-order chi connectivity index (χ0) is 25.5. The van der Waals surface area contributed by atoms with E-state index in [4.69, 9.17) is 9.47 Å². The Balaban J connectivity index is 1.81. The highest BCUT2D eigenvalue weighted by molar-refractivity contribution is 14.1. The summed E-state index contributed by atoms with van der Waals surface area (Å²) in [6, 6.07) is 16.4. The number of carbonyl (C=O) groups excluding carboxylic acids is 1. The summed E-state index contributed by atoms with van der Waals surface area (Å²) in [5, 5.41) is 32.7. The number of nitriles is 1. The number of anilines is 1. The van der Waals surface area contributed by atoms with Crippen molar-refractivity contribution in [3.8, 4) is 23.3 Å². The number of non-ortho nitro benzene ring substituents is 1. The number of aryl methyl sites for hydroxylation is 1. The Hall–Kier alpha value is -4.11. The minimum atomic E-state index is -0.787. The van der Waals surface area contributed by atoms with Crippen LogP contribution < -0.4 is 14.8 Å². The van der Waals surface area contributed by atoms with Crippen molar-refractivity contribution < 1.29 is 24.3 Å². The molecule has 10 heteroatoms. The first kappa shape index (κ1) is 25.5. The molecule has 178 valence electrons. The van der Waals surface area contributed by atoms with Gasteiger partial charge in [0, 0.05) is 6.07 Å². The fourth-order valence-corrected chi connectivity index (χ4v) is 3.83. The maximum absolute atomic E-state index is 12.6. The van der Waals surface area contributed by atoms with Crippen LogP contribution >= 0.6 is 22.6 Å². The van der Waals surface area contributed by atoms with E-state index in [2.05, 4.69) is 27.9 Å². The average Bonchev–Trinajstić information content (AvgIpc) is 2.83. The minimum Gasteiger partial charge on any atom is -0.506 e. The number of methoxy groups -OCH3 is 1. The van der Waals surface area contributed by atoms with E-state index >= 15 is 0 Å². The van der Waals surface area contributed by atoms with Crippen LogP contribution in [0.3, 0.4) is 0 Å². The first-order chi connectivity index (χ1) is 16.7. The van der Waals surface area contributed by atoms with Gasteiger partial charge >= 0.3 is 0 Å². The lowest BCUT2D eigenvalue weighted by Gasteiger charge is -2.14. The standard InChI is InChI=1S/C25H20IN3O6/c1-15-3-5-16(6-4-15)14-35-24-20(26)10-17(11-23(24)34-2)9-18(13-27)25(31)28-21-8-7-19(29(32)33)12-22(21)30/h3-12,30H,14H2,1-2H3,(H,28,31). The number of benzene rings is 3. The second-order valence-corrected chi connectivity index (χ2v) is 8.55. The number of halogens is 1. The normalized spacial score (nSPS) is 10.9. The molecule has 3 aromatic rings. The maximum Gasteiger partial charge on any atom is 0.273 e. The molecule has 35 heavy (non-hydrogen) atoms. The molecule has 1 amide bonds. The lowest BCUT2D eigenvalue weighted by Crippen LogP contribution is -2.13. The number of phenolic OH excluding ortho intramolecular Hbond substituents is 1. The highest BCUT2D eigenvalue weighted by atomic mass is 127. The van der Waals surface area contributed by atoms with Crippen LogP contribution in [0.5, 0.6) is 17.2 Å². The molecule has 0 atom stereocenters. The molecule has 0 unspecified atom stereocenters. The number of hydrogen-bond acceptors (Lipinski definition) is 7. The van der Waals surface area contributed by atoms with Gasteiger partial charge in [0.25, 0.3) is 11.6 Å². The predicted molar refractivity (Wildman–Crippen MR) is 138 cm³/mol. The number of aromatic hydroxyl groups is 1. The highest BCUT2D eigenvalue weighted by Gasteiger charge is 2.17. The van der Waals surface area contributed by atoms with E-state index in [1.54, 1.807) is 12.1 Å². The molecule has 0 fully saturated rings. The van der Waals surface area contributed by atoms with Crippen molar-refractivity contribution in [1.29, 1.82) is 5.26 Å². The SMILES string of the molecule is COc1cc(C=C(C#N)C(=O)Nc2ccc([N+](=O)[O-])cc2O)cc(I)c1OCc1ccc(C)cc1. The molecule has 0 saturated heterocycles. The van der Waals surface area contributed by atoms with Crippen molar-refractivity contribution in [2.75, 3.05) is 12.4 Å². The number of hydrogen-bond donors (Lipinski definition) is 2. The largest absolute Gasteiger partial charge is 0.506 e. The van der Waals surface area contributed by atoms with Gasteiger partial charge in [-0.2, -0.15) is 5.26 Å². The van der Waals surface area contributed by atoms with E-state index < -0.39 is 16.6 Å². The van der Waals surface area contributed by atoms with Crippen molar-refractivity contribution >= 4 is 45.9 Å². The average molecular weight is 585 g/mol. The summed E-state index contributed by atoms with van der Waals surface area (Å²) < 4.78 is 12.1. The van der Waals surface area contributed by atoms with Gasteiger partial charge in [0.05, 0.1) is 27.4 Å². The Morgan fingerprint density at radius 3 is 2.54 bits per heavy atom. The van der Waals surface area contributed by atoms with Gasteiger partial charge in [-0.05, 0) is 64.9 Å². The van der Waals surface area contributed by atoms with E-state index in [0.29, 0.717) is 27.2 Å². The molecular formula is C25H20IN3O6. The van der Waals surface area contributed by atoms with Crippen LogP contribution in [0, 0.1) is 31.9 Å². The van der Waals surface area contributed by atoms with Crippen LogP contribution in [0.25, 0.3) is 6.08 Å². The molecule has 2 N–H and O–H groups in total. The number of phenols is 1. The van der Waals surface area contributed by atoms with Gasteiger partial charge in [-0.3, -0.25) is 14.9 Å². The van der Waals surface area contributed by atoms with Crippen LogP contribution in [0.4, 0.5) is 11.4 Å². The Kier molecular flexibility index (Phi) is 8.27. The zero-order valence-electron chi connectivity index (χ0n) is 18.7. The molecule has 0 aliphatic heterocycles. The summed E-state index contributed by atoms with van der Waals surface area (Å²) >= 11 is 2.08. The van der Waals surface area contributed by atoms with Gasteiger partial charge in [-0.1, -0.05) is 29.8 Å². The fraction of sp³-hybridized carbons (Fsp3) is 0.120. The van der Waals surface area contributed by atoms with Gasteiger partial charge in [0.15, 0.2) is 11.5 Å². The van der Waals surface area contributed by atoms with Gasteiger partial charge in [-0.15, -0.1) is 0 Å². The van der Waals surface area contributed by atoms with Gasteiger partial charge < -0.3 is 19.9 Å². The van der Waals surface area contributed by atoms with E-state index in [1.165, 1.54) is 19.3 Å². The number of nitrogens with one attached hydrogen (secondary N) is 1. The fourth-order valence-electron chi connectivity index (χ4n) is 3.05. The van der Waals surface area contributed by atoms with Gasteiger partial charge in [-0.25, -0.2) is 0 Å². The third kappa shape index (κ3) is 6.48. The maximum atomic E-state index is 12.6. The first-order valence-corrected chi connectivity index (χ1v) is 11.3. The molecule has 0 radical (unpaired) electrons. The Morgan fingerprint density at radius 1 is 1.23 bits per heavy atom. The zero-order valence-corrected chi connectivity index (χ0v) is 20.9. The lowest BCUT2D eigenvalue weighted by atomic mass is 10.1. The predicted octanol–water partition coefficient (Wildman–Crippen LogP) is 5.35. The molecule has 3 rings (SSSR count). The topological polar surface area (TPSA) is 135 Å². The third-order valence-corrected chi connectivity index (χ3v) is 5.67. The number of ether oxygens (including phenoxy) is 2. The summed E-state index contributed by atoms with van der Waals surface area (Å²) in [5.41, 5.74) is 2.03. The summed E-state index contributed by atoms with van der Waals surface area (Å²) in [7, 11) is 1.49. The molecule has 0 aliphatic carbocycles. The second-order valence-electron chi connectivity index (χ2n) is 7.39. The number of nitro groups is 1. The molecule has 0 bridgehead atoms. The summed E-state index contributed by atoms with van der Waals surface area (Å²) in [4.78, 5) is 22.7. The molecule has 0 spiro atoms. The number of nitrogens with zero attached hydrogens (tertiary/aromatic N) is 2. The third-order valence-electron chi connectivity index (χ3n) is 4.87. The van der Waals surface area contributed by atoms with Crippen LogP contribution in [0.1, 0.15) is 16.7 Å². The van der Waals surface area contributed by atoms with E-state index in [9.17, 15) is 25.3 Å². The number of nitro benzene ring substituents is 1. The first-order valence-electron chi connectivity index (χ1n) is 10.2. The van der Waals surface area contributed by atoms with Crippen molar-refractivity contribution in [2.24, 2.45) is 0 Å².